The smallest absolute Gasteiger partial charge is 0.261 e. The summed E-state index contributed by atoms with van der Waals surface area (Å²) in [6.07, 6.45) is 4.38. The van der Waals surface area contributed by atoms with E-state index in [9.17, 15) is 9.18 Å². The van der Waals surface area contributed by atoms with Crippen LogP contribution in [0.25, 0.3) is 0 Å². The largest absolute Gasteiger partial charge is 0.326 e. The fraction of sp³-hybridized carbons (Fsp3) is 0.250. The highest BCUT2D eigenvalue weighted by molar-refractivity contribution is 6.06. The minimum absolute atomic E-state index is 0.0554. The summed E-state index contributed by atoms with van der Waals surface area (Å²) >= 11 is 0. The van der Waals surface area contributed by atoms with Gasteiger partial charge in [-0.25, -0.2) is 4.39 Å². The highest BCUT2D eigenvalue weighted by Crippen LogP contribution is 2.33. The second-order valence-corrected chi connectivity index (χ2v) is 5.13. The first kappa shape index (κ1) is 13.7. The number of halogens is 1. The number of hydrogen-bond donors (Lipinski definition) is 1. The fourth-order valence-corrected chi connectivity index (χ4v) is 2.30. The number of carbonyl (C=O) groups excluding carboxylic acids is 1. The lowest BCUT2D eigenvalue weighted by Crippen LogP contribution is -2.33. The average Bonchev–Trinajstić information content (AvgIpc) is 3.33. The van der Waals surface area contributed by atoms with Gasteiger partial charge in [-0.15, -0.1) is 0 Å². The van der Waals surface area contributed by atoms with E-state index in [2.05, 4.69) is 4.98 Å². The van der Waals surface area contributed by atoms with Crippen molar-refractivity contribution in [3.05, 3.63) is 59.7 Å². The fourth-order valence-electron chi connectivity index (χ4n) is 2.30. The van der Waals surface area contributed by atoms with Crippen LogP contribution in [-0.2, 0) is 6.54 Å². The van der Waals surface area contributed by atoms with E-state index in [1.807, 2.05) is 24.3 Å². The van der Waals surface area contributed by atoms with Crippen LogP contribution in [0.5, 0.6) is 0 Å². The van der Waals surface area contributed by atoms with Gasteiger partial charge in [-0.3, -0.25) is 9.78 Å². The molecule has 1 heterocycles. The van der Waals surface area contributed by atoms with Crippen molar-refractivity contribution in [2.45, 2.75) is 25.4 Å². The highest BCUT2D eigenvalue weighted by atomic mass is 19.1. The molecule has 3 rings (SSSR count). The van der Waals surface area contributed by atoms with Gasteiger partial charge < -0.3 is 10.6 Å². The van der Waals surface area contributed by atoms with Gasteiger partial charge in [0, 0.05) is 24.5 Å². The van der Waals surface area contributed by atoms with Crippen molar-refractivity contribution in [3.8, 4) is 0 Å². The van der Waals surface area contributed by atoms with Crippen molar-refractivity contribution >= 4 is 11.6 Å². The van der Waals surface area contributed by atoms with Crippen LogP contribution in [0.2, 0.25) is 0 Å². The average molecular weight is 285 g/mol. The molecule has 0 spiro atoms. The molecule has 0 saturated heterocycles. The van der Waals surface area contributed by atoms with E-state index in [0.29, 0.717) is 6.54 Å². The zero-order valence-corrected chi connectivity index (χ0v) is 11.5. The quantitative estimate of drug-likeness (QED) is 0.939. The number of hydrogen-bond acceptors (Lipinski definition) is 3. The van der Waals surface area contributed by atoms with Gasteiger partial charge in [0.15, 0.2) is 5.82 Å². The van der Waals surface area contributed by atoms with Crippen LogP contribution in [-0.4, -0.2) is 16.9 Å². The summed E-state index contributed by atoms with van der Waals surface area (Å²) < 4.78 is 13.8. The van der Waals surface area contributed by atoms with E-state index in [1.165, 1.54) is 12.3 Å². The second kappa shape index (κ2) is 5.61. The zero-order valence-electron chi connectivity index (χ0n) is 11.5. The standard InChI is InChI=1S/C16H16FN3O/c17-15-10-19-8-7-14(15)16(21)20(13-5-6-13)12-3-1-11(9-18)2-4-12/h1-4,7-8,10,13H,5-6,9,18H2. The molecule has 1 aromatic carbocycles. The van der Waals surface area contributed by atoms with E-state index in [0.717, 1.165) is 30.3 Å². The van der Waals surface area contributed by atoms with Crippen LogP contribution in [0, 0.1) is 5.82 Å². The number of carbonyl (C=O) groups is 1. The summed E-state index contributed by atoms with van der Waals surface area (Å²) in [6.45, 7) is 0.455. The normalized spacial score (nSPS) is 14.0. The monoisotopic (exact) mass is 285 g/mol. The Morgan fingerprint density at radius 1 is 1.29 bits per heavy atom. The number of pyridine rings is 1. The minimum Gasteiger partial charge on any atom is -0.326 e. The van der Waals surface area contributed by atoms with E-state index in [-0.39, 0.29) is 17.5 Å². The van der Waals surface area contributed by atoms with Gasteiger partial charge >= 0.3 is 0 Å². The van der Waals surface area contributed by atoms with Crippen molar-refractivity contribution in [3.63, 3.8) is 0 Å². The number of nitrogens with two attached hydrogens (primary N) is 1. The topological polar surface area (TPSA) is 59.2 Å². The van der Waals surface area contributed by atoms with Crippen molar-refractivity contribution in [2.24, 2.45) is 5.73 Å². The minimum atomic E-state index is -0.591. The summed E-state index contributed by atoms with van der Waals surface area (Å²) in [5.74, 6) is -0.912. The number of anilines is 1. The molecule has 108 valence electrons. The molecule has 5 heteroatoms. The predicted molar refractivity (Wildman–Crippen MR) is 78.4 cm³/mol. The van der Waals surface area contributed by atoms with Gasteiger partial charge in [-0.1, -0.05) is 12.1 Å². The molecule has 1 aliphatic carbocycles. The Balaban J connectivity index is 1.94. The Morgan fingerprint density at radius 2 is 2.00 bits per heavy atom. The molecule has 1 saturated carbocycles. The molecule has 2 N–H and O–H groups in total. The van der Waals surface area contributed by atoms with E-state index < -0.39 is 5.82 Å². The summed E-state index contributed by atoms with van der Waals surface area (Å²) in [5.41, 5.74) is 7.41. The number of aromatic nitrogens is 1. The van der Waals surface area contributed by atoms with E-state index >= 15 is 0 Å². The zero-order chi connectivity index (χ0) is 14.8. The van der Waals surface area contributed by atoms with Crippen molar-refractivity contribution in [1.82, 2.24) is 4.98 Å². The number of nitrogens with zero attached hydrogens (tertiary/aromatic N) is 2. The van der Waals surface area contributed by atoms with Crippen LogP contribution in [0.1, 0.15) is 28.8 Å². The predicted octanol–water partition coefficient (Wildman–Crippen LogP) is 2.49. The van der Waals surface area contributed by atoms with E-state index in [4.69, 9.17) is 5.73 Å². The summed E-state index contributed by atoms with van der Waals surface area (Å²) in [4.78, 5) is 18.0. The lowest BCUT2D eigenvalue weighted by molar-refractivity contribution is 0.0981. The van der Waals surface area contributed by atoms with Gasteiger partial charge in [0.1, 0.15) is 0 Å². The SMILES string of the molecule is NCc1ccc(N(C(=O)c2ccncc2F)C2CC2)cc1. The molecule has 4 nitrogen and oxygen atoms in total. The third-order valence-electron chi connectivity index (χ3n) is 3.58. The number of benzene rings is 1. The molecule has 0 unspecified atom stereocenters. The van der Waals surface area contributed by atoms with Crippen LogP contribution in [0.4, 0.5) is 10.1 Å². The van der Waals surface area contributed by atoms with Gasteiger partial charge in [0.2, 0.25) is 0 Å². The third kappa shape index (κ3) is 2.78. The lowest BCUT2D eigenvalue weighted by Gasteiger charge is -2.23. The first-order valence-corrected chi connectivity index (χ1v) is 6.93. The number of rotatable bonds is 4. The second-order valence-electron chi connectivity index (χ2n) is 5.13. The Kier molecular flexibility index (Phi) is 3.66. The molecule has 1 fully saturated rings. The molecule has 0 atom stereocenters. The van der Waals surface area contributed by atoms with Gasteiger partial charge in [0.25, 0.3) is 5.91 Å². The molecule has 2 aromatic rings. The van der Waals surface area contributed by atoms with Crippen molar-refractivity contribution < 1.29 is 9.18 Å². The van der Waals surface area contributed by atoms with Crippen LogP contribution in [0.15, 0.2) is 42.7 Å². The van der Waals surface area contributed by atoms with Crippen LogP contribution in [0.3, 0.4) is 0 Å². The molecule has 21 heavy (non-hydrogen) atoms. The molecule has 1 aliphatic rings. The van der Waals surface area contributed by atoms with Crippen molar-refractivity contribution in [1.29, 1.82) is 0 Å². The first-order chi connectivity index (χ1) is 10.2. The maximum Gasteiger partial charge on any atom is 0.261 e. The molecule has 0 aliphatic heterocycles. The van der Waals surface area contributed by atoms with E-state index in [1.54, 1.807) is 4.90 Å². The number of amides is 1. The maximum atomic E-state index is 13.8. The Hall–Kier alpha value is -2.27. The summed E-state index contributed by atoms with van der Waals surface area (Å²) in [6, 6.07) is 9.06. The molecule has 0 bridgehead atoms. The summed E-state index contributed by atoms with van der Waals surface area (Å²) in [5, 5.41) is 0. The van der Waals surface area contributed by atoms with Crippen molar-refractivity contribution in [2.75, 3.05) is 4.90 Å². The first-order valence-electron chi connectivity index (χ1n) is 6.93. The summed E-state index contributed by atoms with van der Waals surface area (Å²) in [7, 11) is 0. The molecule has 1 aromatic heterocycles. The Bertz CT molecular complexity index is 653. The molecular formula is C16H16FN3O. The molecular weight excluding hydrogens is 269 g/mol. The lowest BCUT2D eigenvalue weighted by atomic mass is 10.1. The van der Waals surface area contributed by atoms with Gasteiger partial charge in [-0.2, -0.15) is 0 Å². The molecule has 1 amide bonds. The maximum absolute atomic E-state index is 13.8. The van der Waals surface area contributed by atoms with Crippen LogP contribution >= 0.6 is 0 Å². The third-order valence-corrected chi connectivity index (χ3v) is 3.58. The van der Waals surface area contributed by atoms with Gasteiger partial charge in [-0.05, 0) is 36.6 Å². The Labute approximate surface area is 122 Å². The van der Waals surface area contributed by atoms with Gasteiger partial charge in [0.05, 0.1) is 11.8 Å². The molecule has 0 radical (unpaired) electrons. The van der Waals surface area contributed by atoms with Crippen LogP contribution < -0.4 is 10.6 Å². The highest BCUT2D eigenvalue weighted by Gasteiger charge is 2.35. The Morgan fingerprint density at radius 3 is 2.57 bits per heavy atom.